The maximum atomic E-state index is 10.7. The second-order valence-electron chi connectivity index (χ2n) is 3.78. The summed E-state index contributed by atoms with van der Waals surface area (Å²) in [5, 5.41) is 0. The van der Waals surface area contributed by atoms with Gasteiger partial charge < -0.3 is 4.90 Å². The van der Waals surface area contributed by atoms with Crippen LogP contribution in [0.5, 0.6) is 0 Å². The Balaban J connectivity index is 4.45. The van der Waals surface area contributed by atoms with Gasteiger partial charge in [0.1, 0.15) is 6.29 Å². The fourth-order valence-electron chi connectivity index (χ4n) is 1.07. The van der Waals surface area contributed by atoms with Gasteiger partial charge in [-0.2, -0.15) is 0 Å². The molecule has 0 aliphatic rings. The summed E-state index contributed by atoms with van der Waals surface area (Å²) in [6.45, 7) is 8.06. The van der Waals surface area contributed by atoms with Crippen molar-refractivity contribution in [1.82, 2.24) is 4.90 Å². The van der Waals surface area contributed by atoms with Crippen LogP contribution in [0, 0.1) is 0 Å². The lowest BCUT2D eigenvalue weighted by molar-refractivity contribution is -0.104. The van der Waals surface area contributed by atoms with Crippen molar-refractivity contribution in [3.8, 4) is 0 Å². The van der Waals surface area contributed by atoms with Crippen LogP contribution in [-0.2, 0) is 4.79 Å². The van der Waals surface area contributed by atoms with Crippen LogP contribution in [0.25, 0.3) is 0 Å². The van der Waals surface area contributed by atoms with E-state index >= 15 is 0 Å². The summed E-state index contributed by atoms with van der Waals surface area (Å²) in [6.07, 6.45) is 7.36. The number of carbonyl (C=O) groups excluding carboxylic acids is 1. The molecular weight excluding hydrogens is 186 g/mol. The third kappa shape index (κ3) is 5.33. The summed E-state index contributed by atoms with van der Waals surface area (Å²) in [5.74, 6) is 0. The first-order valence-electron chi connectivity index (χ1n) is 5.21. The Morgan fingerprint density at radius 1 is 1.40 bits per heavy atom. The number of nitrogens with zero attached hydrogens (tertiary/aromatic N) is 1. The van der Waals surface area contributed by atoms with Crippen molar-refractivity contribution >= 4 is 6.29 Å². The minimum absolute atomic E-state index is 0.288. The maximum Gasteiger partial charge on any atom is 0.149 e. The Morgan fingerprint density at radius 3 is 2.40 bits per heavy atom. The predicted molar refractivity (Wildman–Crippen MR) is 65.9 cm³/mol. The highest BCUT2D eigenvalue weighted by Gasteiger charge is 2.05. The number of allylic oxidation sites excluding steroid dienone is 3. The molecule has 0 radical (unpaired) electrons. The Kier molecular flexibility index (Phi) is 6.63. The maximum absolute atomic E-state index is 10.7. The van der Waals surface area contributed by atoms with Crippen molar-refractivity contribution in [3.05, 3.63) is 36.0 Å². The molecule has 15 heavy (non-hydrogen) atoms. The second-order valence-corrected chi connectivity index (χ2v) is 3.78. The van der Waals surface area contributed by atoms with E-state index in [1.807, 2.05) is 39.2 Å². The van der Waals surface area contributed by atoms with E-state index in [0.717, 1.165) is 18.3 Å². The summed E-state index contributed by atoms with van der Waals surface area (Å²) in [4.78, 5) is 12.7. The minimum atomic E-state index is 0.288. The lowest BCUT2D eigenvalue weighted by Crippen LogP contribution is -2.25. The van der Waals surface area contributed by atoms with Gasteiger partial charge in [0.15, 0.2) is 0 Å². The molecule has 0 aromatic heterocycles. The van der Waals surface area contributed by atoms with Crippen LogP contribution in [0.1, 0.15) is 20.3 Å². The van der Waals surface area contributed by atoms with E-state index in [4.69, 9.17) is 0 Å². The first-order valence-corrected chi connectivity index (χ1v) is 5.21. The van der Waals surface area contributed by atoms with E-state index in [2.05, 4.69) is 18.4 Å². The molecule has 0 heterocycles. The molecule has 0 saturated heterocycles. The fourth-order valence-corrected chi connectivity index (χ4v) is 1.07. The third-order valence-corrected chi connectivity index (χ3v) is 2.38. The van der Waals surface area contributed by atoms with Crippen molar-refractivity contribution in [2.45, 2.75) is 26.3 Å². The number of rotatable bonds is 6. The van der Waals surface area contributed by atoms with Gasteiger partial charge in [-0.05, 0) is 33.0 Å². The summed E-state index contributed by atoms with van der Waals surface area (Å²) in [5.41, 5.74) is 1.72. The lowest BCUT2D eigenvalue weighted by atomic mass is 10.1. The minimum Gasteiger partial charge on any atom is -0.303 e. The molecule has 0 aliphatic heterocycles. The predicted octanol–water partition coefficient (Wildman–Crippen LogP) is 2.58. The molecule has 0 aromatic carbocycles. The normalized spacial score (nSPS) is 14.6. The summed E-state index contributed by atoms with van der Waals surface area (Å²) >= 11 is 0. The molecule has 0 N–H and O–H groups in total. The van der Waals surface area contributed by atoms with Gasteiger partial charge in [0.25, 0.3) is 0 Å². The highest BCUT2D eigenvalue weighted by atomic mass is 16.1. The number of likely N-dealkylation sites (N-methyl/N-ethyl adjacent to an activating group) is 1. The molecule has 0 spiro atoms. The smallest absolute Gasteiger partial charge is 0.149 e. The average Bonchev–Trinajstić information content (AvgIpc) is 2.22. The monoisotopic (exact) mass is 207 g/mol. The zero-order valence-electron chi connectivity index (χ0n) is 10.2. The zero-order chi connectivity index (χ0) is 11.8. The summed E-state index contributed by atoms with van der Waals surface area (Å²) < 4.78 is 0. The SMILES string of the molecule is C=C(/C=C\C(C=O)=C/CC)C(C)N(C)C. The molecule has 1 atom stereocenters. The summed E-state index contributed by atoms with van der Waals surface area (Å²) in [7, 11) is 4.01. The van der Waals surface area contributed by atoms with Crippen LogP contribution in [0.2, 0.25) is 0 Å². The van der Waals surface area contributed by atoms with Crippen molar-refractivity contribution in [3.63, 3.8) is 0 Å². The first-order chi connectivity index (χ1) is 7.02. The van der Waals surface area contributed by atoms with E-state index in [0.29, 0.717) is 5.57 Å². The molecule has 0 aromatic rings. The molecule has 0 amide bonds. The molecule has 0 bridgehead atoms. The second kappa shape index (κ2) is 7.18. The third-order valence-electron chi connectivity index (χ3n) is 2.38. The van der Waals surface area contributed by atoms with Gasteiger partial charge in [-0.15, -0.1) is 0 Å². The molecule has 0 fully saturated rings. The van der Waals surface area contributed by atoms with Gasteiger partial charge in [0, 0.05) is 11.6 Å². The first kappa shape index (κ1) is 13.8. The van der Waals surface area contributed by atoms with E-state index in [1.165, 1.54) is 0 Å². The molecule has 2 nitrogen and oxygen atoms in total. The molecule has 84 valence electrons. The van der Waals surface area contributed by atoms with E-state index in [9.17, 15) is 4.79 Å². The zero-order valence-corrected chi connectivity index (χ0v) is 10.2. The number of hydrogen-bond acceptors (Lipinski definition) is 2. The Morgan fingerprint density at radius 2 is 2.00 bits per heavy atom. The number of hydrogen-bond donors (Lipinski definition) is 0. The van der Waals surface area contributed by atoms with Crippen molar-refractivity contribution in [2.24, 2.45) is 0 Å². The van der Waals surface area contributed by atoms with Crippen LogP contribution in [0.3, 0.4) is 0 Å². The van der Waals surface area contributed by atoms with E-state index in [-0.39, 0.29) is 6.04 Å². The standard InChI is InChI=1S/C13H21NO/c1-6-7-13(10-15)9-8-11(2)12(3)14(4)5/h7-10,12H,2,6H2,1,3-5H3/b9-8-,13-7+. The van der Waals surface area contributed by atoms with E-state index in [1.54, 1.807) is 0 Å². The largest absolute Gasteiger partial charge is 0.303 e. The quantitative estimate of drug-likeness (QED) is 0.379. The number of carbonyl (C=O) groups is 1. The fraction of sp³-hybridized carbons (Fsp3) is 0.462. The Labute approximate surface area is 93.0 Å². The van der Waals surface area contributed by atoms with Crippen LogP contribution >= 0.6 is 0 Å². The van der Waals surface area contributed by atoms with Gasteiger partial charge in [-0.25, -0.2) is 0 Å². The van der Waals surface area contributed by atoms with Gasteiger partial charge in [0.05, 0.1) is 0 Å². The molecule has 2 heteroatoms. The Bertz CT molecular complexity index is 274. The van der Waals surface area contributed by atoms with Gasteiger partial charge in [-0.3, -0.25) is 4.79 Å². The van der Waals surface area contributed by atoms with Crippen molar-refractivity contribution < 1.29 is 4.79 Å². The van der Waals surface area contributed by atoms with E-state index < -0.39 is 0 Å². The van der Waals surface area contributed by atoms with Crippen LogP contribution in [0.15, 0.2) is 36.0 Å². The van der Waals surface area contributed by atoms with Crippen molar-refractivity contribution in [1.29, 1.82) is 0 Å². The van der Waals surface area contributed by atoms with Crippen molar-refractivity contribution in [2.75, 3.05) is 14.1 Å². The summed E-state index contributed by atoms with van der Waals surface area (Å²) in [6, 6.07) is 0.288. The lowest BCUT2D eigenvalue weighted by Gasteiger charge is -2.19. The average molecular weight is 207 g/mol. The Hall–Kier alpha value is -1.15. The van der Waals surface area contributed by atoms with Gasteiger partial charge in [-0.1, -0.05) is 31.7 Å². The molecule has 0 saturated carbocycles. The van der Waals surface area contributed by atoms with Crippen LogP contribution in [0.4, 0.5) is 0 Å². The van der Waals surface area contributed by atoms with Gasteiger partial charge >= 0.3 is 0 Å². The molecule has 0 rings (SSSR count). The highest BCUT2D eigenvalue weighted by Crippen LogP contribution is 2.07. The van der Waals surface area contributed by atoms with Crippen LogP contribution in [-0.4, -0.2) is 31.3 Å². The van der Waals surface area contributed by atoms with Gasteiger partial charge in [0.2, 0.25) is 0 Å². The molecular formula is C13H21NO. The highest BCUT2D eigenvalue weighted by molar-refractivity contribution is 5.77. The number of aldehydes is 1. The molecule has 0 aliphatic carbocycles. The van der Waals surface area contributed by atoms with Crippen LogP contribution < -0.4 is 0 Å². The topological polar surface area (TPSA) is 20.3 Å². The molecule has 1 unspecified atom stereocenters.